The summed E-state index contributed by atoms with van der Waals surface area (Å²) in [7, 11) is 0. The molecule has 1 amide bonds. The van der Waals surface area contributed by atoms with E-state index in [0.717, 1.165) is 24.2 Å². The highest BCUT2D eigenvalue weighted by Crippen LogP contribution is 2.21. The summed E-state index contributed by atoms with van der Waals surface area (Å²) >= 11 is 0. The number of benzene rings is 1. The highest BCUT2D eigenvalue weighted by Gasteiger charge is 2.21. The molecule has 1 atom stereocenters. The van der Waals surface area contributed by atoms with Crippen molar-refractivity contribution in [3.8, 4) is 6.07 Å². The van der Waals surface area contributed by atoms with Crippen LogP contribution in [0, 0.1) is 17.2 Å². The Balaban J connectivity index is 1.93. The van der Waals surface area contributed by atoms with E-state index in [0.29, 0.717) is 13.0 Å². The Morgan fingerprint density at radius 1 is 1.48 bits per heavy atom. The van der Waals surface area contributed by atoms with Gasteiger partial charge in [-0.25, -0.2) is 0 Å². The van der Waals surface area contributed by atoms with Crippen molar-refractivity contribution in [1.29, 1.82) is 5.26 Å². The molecule has 120 valence electrons. The second kappa shape index (κ2) is 8.08. The van der Waals surface area contributed by atoms with Gasteiger partial charge in [0, 0.05) is 24.9 Å². The molecule has 1 aromatic carbocycles. The SMILES string of the molecule is CCOC(=O)[C@@H](C#N)C=NCc1ccc(N2CCCC2=O)cc1. The van der Waals surface area contributed by atoms with E-state index in [1.165, 1.54) is 6.21 Å². The van der Waals surface area contributed by atoms with E-state index in [1.807, 2.05) is 30.3 Å². The van der Waals surface area contributed by atoms with E-state index in [4.69, 9.17) is 10.00 Å². The van der Waals surface area contributed by atoms with Crippen molar-refractivity contribution in [3.05, 3.63) is 29.8 Å². The molecular formula is C17H19N3O3. The van der Waals surface area contributed by atoms with Crippen molar-refractivity contribution in [3.63, 3.8) is 0 Å². The average molecular weight is 313 g/mol. The molecule has 0 radical (unpaired) electrons. The molecule has 0 aromatic heterocycles. The van der Waals surface area contributed by atoms with E-state index in [2.05, 4.69) is 4.99 Å². The van der Waals surface area contributed by atoms with Gasteiger partial charge in [-0.3, -0.25) is 14.6 Å². The molecule has 1 aromatic rings. The van der Waals surface area contributed by atoms with Crippen LogP contribution in [0.25, 0.3) is 0 Å². The first kappa shape index (κ1) is 16.7. The molecule has 1 aliphatic heterocycles. The maximum Gasteiger partial charge on any atom is 0.328 e. The van der Waals surface area contributed by atoms with Gasteiger partial charge >= 0.3 is 5.97 Å². The average Bonchev–Trinajstić information content (AvgIpc) is 2.98. The molecule has 1 fully saturated rings. The number of anilines is 1. The zero-order chi connectivity index (χ0) is 16.7. The van der Waals surface area contributed by atoms with Gasteiger partial charge in [-0.2, -0.15) is 5.26 Å². The first-order valence-electron chi connectivity index (χ1n) is 7.61. The lowest BCUT2D eigenvalue weighted by molar-refractivity contribution is -0.143. The lowest BCUT2D eigenvalue weighted by Gasteiger charge is -2.15. The highest BCUT2D eigenvalue weighted by atomic mass is 16.5. The van der Waals surface area contributed by atoms with Gasteiger partial charge in [0.25, 0.3) is 0 Å². The largest absolute Gasteiger partial charge is 0.465 e. The minimum absolute atomic E-state index is 0.155. The predicted molar refractivity (Wildman–Crippen MR) is 86.0 cm³/mol. The fraction of sp³-hybridized carbons (Fsp3) is 0.412. The number of nitriles is 1. The third-order valence-corrected chi connectivity index (χ3v) is 3.53. The van der Waals surface area contributed by atoms with Crippen LogP contribution in [-0.2, 0) is 20.9 Å². The smallest absolute Gasteiger partial charge is 0.328 e. The zero-order valence-corrected chi connectivity index (χ0v) is 13.1. The molecule has 0 spiro atoms. The van der Waals surface area contributed by atoms with Gasteiger partial charge in [-0.1, -0.05) is 12.1 Å². The number of esters is 1. The standard InChI is InChI=1S/C17H19N3O3/c1-2-23-17(22)14(10-18)12-19-11-13-5-7-15(8-6-13)20-9-3-4-16(20)21/h5-8,12,14H,2-4,9,11H2,1H3/t14-/m0/s1. The third kappa shape index (κ3) is 4.39. The quantitative estimate of drug-likeness (QED) is 0.594. The summed E-state index contributed by atoms with van der Waals surface area (Å²) in [6.07, 6.45) is 2.82. The lowest BCUT2D eigenvalue weighted by atomic mass is 10.2. The van der Waals surface area contributed by atoms with Crippen molar-refractivity contribution < 1.29 is 14.3 Å². The molecule has 0 bridgehead atoms. The molecule has 1 heterocycles. The van der Waals surface area contributed by atoms with Crippen molar-refractivity contribution in [2.24, 2.45) is 10.9 Å². The molecule has 0 aliphatic carbocycles. The van der Waals surface area contributed by atoms with Gasteiger partial charge in [-0.15, -0.1) is 0 Å². The molecule has 0 saturated carbocycles. The Hall–Kier alpha value is -2.68. The first-order chi connectivity index (χ1) is 11.2. The highest BCUT2D eigenvalue weighted by molar-refractivity contribution is 5.95. The Labute approximate surface area is 135 Å². The van der Waals surface area contributed by atoms with E-state index in [1.54, 1.807) is 11.8 Å². The number of carbonyl (C=O) groups excluding carboxylic acids is 2. The lowest BCUT2D eigenvalue weighted by Crippen LogP contribution is -2.23. The molecule has 1 saturated heterocycles. The molecule has 1 aliphatic rings. The normalized spacial score (nSPS) is 15.7. The van der Waals surface area contributed by atoms with Crippen molar-refractivity contribution in [2.45, 2.75) is 26.3 Å². The number of rotatable bonds is 6. The summed E-state index contributed by atoms with van der Waals surface area (Å²) in [5.74, 6) is -1.40. The minimum atomic E-state index is -0.976. The van der Waals surface area contributed by atoms with Crippen LogP contribution in [0.5, 0.6) is 0 Å². The first-order valence-corrected chi connectivity index (χ1v) is 7.61. The summed E-state index contributed by atoms with van der Waals surface area (Å²) in [5.41, 5.74) is 1.83. The van der Waals surface area contributed by atoms with Crippen LogP contribution < -0.4 is 4.90 Å². The van der Waals surface area contributed by atoms with Gasteiger partial charge in [0.05, 0.1) is 19.2 Å². The summed E-state index contributed by atoms with van der Waals surface area (Å²) in [4.78, 5) is 29.1. The number of aliphatic imine (C=N–C) groups is 1. The Morgan fingerprint density at radius 2 is 2.22 bits per heavy atom. The van der Waals surface area contributed by atoms with Crippen LogP contribution in [0.1, 0.15) is 25.3 Å². The number of hydrogen-bond donors (Lipinski definition) is 0. The van der Waals surface area contributed by atoms with Crippen molar-refractivity contribution in [2.75, 3.05) is 18.1 Å². The fourth-order valence-electron chi connectivity index (χ4n) is 2.34. The molecule has 23 heavy (non-hydrogen) atoms. The van der Waals surface area contributed by atoms with Crippen LogP contribution in [-0.4, -0.2) is 31.2 Å². The van der Waals surface area contributed by atoms with Crippen molar-refractivity contribution in [1.82, 2.24) is 0 Å². The van der Waals surface area contributed by atoms with Gasteiger partial charge in [0.15, 0.2) is 5.92 Å². The minimum Gasteiger partial charge on any atom is -0.465 e. The van der Waals surface area contributed by atoms with Gasteiger partial charge in [0.2, 0.25) is 5.91 Å². The zero-order valence-electron chi connectivity index (χ0n) is 13.1. The molecule has 0 N–H and O–H groups in total. The van der Waals surface area contributed by atoms with Crippen LogP contribution >= 0.6 is 0 Å². The molecule has 2 rings (SSSR count). The summed E-state index contributed by atoms with van der Waals surface area (Å²) < 4.78 is 4.79. The van der Waals surface area contributed by atoms with Gasteiger partial charge < -0.3 is 9.64 Å². The van der Waals surface area contributed by atoms with Crippen molar-refractivity contribution >= 4 is 23.8 Å². The summed E-state index contributed by atoms with van der Waals surface area (Å²) in [6, 6.07) is 9.42. The maximum absolute atomic E-state index is 11.7. The van der Waals surface area contributed by atoms with E-state index < -0.39 is 11.9 Å². The van der Waals surface area contributed by atoms with Crippen LogP contribution in [0.15, 0.2) is 29.3 Å². The maximum atomic E-state index is 11.7. The number of amides is 1. The monoisotopic (exact) mass is 313 g/mol. The number of hydrogen-bond acceptors (Lipinski definition) is 5. The number of ether oxygens (including phenoxy) is 1. The molecule has 0 unspecified atom stereocenters. The summed E-state index contributed by atoms with van der Waals surface area (Å²) in [5, 5.41) is 8.92. The van der Waals surface area contributed by atoms with Crippen LogP contribution in [0.2, 0.25) is 0 Å². The Bertz CT molecular complexity index is 631. The predicted octanol–water partition coefficient (Wildman–Crippen LogP) is 2.09. The molecule has 6 heteroatoms. The van der Waals surface area contributed by atoms with E-state index in [9.17, 15) is 9.59 Å². The van der Waals surface area contributed by atoms with Gasteiger partial charge in [-0.05, 0) is 31.0 Å². The molecule has 6 nitrogen and oxygen atoms in total. The number of nitrogens with zero attached hydrogens (tertiary/aromatic N) is 3. The van der Waals surface area contributed by atoms with Gasteiger partial charge in [0.1, 0.15) is 0 Å². The van der Waals surface area contributed by atoms with E-state index >= 15 is 0 Å². The third-order valence-electron chi connectivity index (χ3n) is 3.53. The molecular weight excluding hydrogens is 294 g/mol. The number of carbonyl (C=O) groups is 2. The Kier molecular flexibility index (Phi) is 5.87. The summed E-state index contributed by atoms with van der Waals surface area (Å²) in [6.45, 7) is 3.06. The second-order valence-corrected chi connectivity index (χ2v) is 5.16. The van der Waals surface area contributed by atoms with Crippen LogP contribution in [0.3, 0.4) is 0 Å². The topological polar surface area (TPSA) is 82.8 Å². The van der Waals surface area contributed by atoms with Crippen LogP contribution in [0.4, 0.5) is 5.69 Å². The van der Waals surface area contributed by atoms with E-state index in [-0.39, 0.29) is 12.5 Å². The Morgan fingerprint density at radius 3 is 2.78 bits per heavy atom. The fourth-order valence-corrected chi connectivity index (χ4v) is 2.34. The second-order valence-electron chi connectivity index (χ2n) is 5.16.